The maximum absolute atomic E-state index is 11.0. The molecule has 0 aromatic heterocycles. The van der Waals surface area contributed by atoms with Gasteiger partial charge in [0.2, 0.25) is 10.0 Å². The van der Waals surface area contributed by atoms with Gasteiger partial charge >= 0.3 is 0 Å². The van der Waals surface area contributed by atoms with Crippen molar-refractivity contribution in [3.05, 3.63) is 28.3 Å². The fraction of sp³-hybridized carbons (Fsp3) is 0.250. The van der Waals surface area contributed by atoms with Gasteiger partial charge in [0.1, 0.15) is 0 Å². The van der Waals surface area contributed by atoms with E-state index < -0.39 is 14.9 Å². The van der Waals surface area contributed by atoms with Crippen molar-refractivity contribution in [3.63, 3.8) is 0 Å². The highest BCUT2D eigenvalue weighted by molar-refractivity contribution is 7.99. The number of primary sulfonamides is 1. The Kier molecular flexibility index (Phi) is 3.89. The molecule has 0 bridgehead atoms. The van der Waals surface area contributed by atoms with Gasteiger partial charge < -0.3 is 0 Å². The molecule has 0 aliphatic heterocycles. The Morgan fingerprint density at radius 1 is 1.50 bits per heavy atom. The number of hydrogen-bond donors (Lipinski definition) is 1. The molecule has 0 spiro atoms. The summed E-state index contributed by atoms with van der Waals surface area (Å²) >= 11 is 1.27. The SMILES string of the molecule is CCSc1ccc(S(N)(=O)=O)cc1[N+](=O)[O-]. The third-order valence-corrected chi connectivity index (χ3v) is 3.61. The second-order valence-electron chi connectivity index (χ2n) is 2.86. The summed E-state index contributed by atoms with van der Waals surface area (Å²) < 4.78 is 22.1. The molecule has 6 nitrogen and oxygen atoms in total. The van der Waals surface area contributed by atoms with Gasteiger partial charge in [-0.05, 0) is 17.9 Å². The van der Waals surface area contributed by atoms with Crippen molar-refractivity contribution in [1.82, 2.24) is 0 Å². The molecule has 0 saturated carbocycles. The molecular formula is C8H10N2O4S2. The highest BCUT2D eigenvalue weighted by atomic mass is 32.2. The smallest absolute Gasteiger partial charge is 0.258 e. The lowest BCUT2D eigenvalue weighted by Crippen LogP contribution is -2.12. The third-order valence-electron chi connectivity index (χ3n) is 1.76. The normalized spacial score (nSPS) is 11.4. The molecule has 0 aliphatic carbocycles. The third kappa shape index (κ3) is 2.94. The van der Waals surface area contributed by atoms with Gasteiger partial charge in [0.05, 0.1) is 14.7 Å². The van der Waals surface area contributed by atoms with Crippen molar-refractivity contribution in [2.75, 3.05) is 5.75 Å². The van der Waals surface area contributed by atoms with Gasteiger partial charge in [0.25, 0.3) is 5.69 Å². The Morgan fingerprint density at radius 3 is 2.56 bits per heavy atom. The Balaban J connectivity index is 3.34. The highest BCUT2D eigenvalue weighted by Gasteiger charge is 2.18. The number of thioether (sulfide) groups is 1. The number of nitro benzene ring substituents is 1. The van der Waals surface area contributed by atoms with Crippen LogP contribution in [0.3, 0.4) is 0 Å². The Bertz CT molecular complexity index is 513. The summed E-state index contributed by atoms with van der Waals surface area (Å²) in [6, 6.07) is 3.64. The van der Waals surface area contributed by atoms with E-state index in [0.717, 1.165) is 6.07 Å². The van der Waals surface area contributed by atoms with Crippen LogP contribution in [-0.2, 0) is 10.0 Å². The van der Waals surface area contributed by atoms with Crippen molar-refractivity contribution < 1.29 is 13.3 Å². The van der Waals surface area contributed by atoms with Gasteiger partial charge in [-0.1, -0.05) is 6.92 Å². The standard InChI is InChI=1S/C8H10N2O4S2/c1-2-15-8-4-3-6(16(9,13)14)5-7(8)10(11)12/h3-5H,2H2,1H3,(H2,9,13,14). The van der Waals surface area contributed by atoms with Crippen molar-refractivity contribution in [1.29, 1.82) is 0 Å². The fourth-order valence-corrected chi connectivity index (χ4v) is 2.38. The molecule has 0 saturated heterocycles. The second kappa shape index (κ2) is 4.81. The van der Waals surface area contributed by atoms with Gasteiger partial charge in [-0.3, -0.25) is 10.1 Å². The maximum atomic E-state index is 11.0. The number of benzene rings is 1. The molecule has 8 heteroatoms. The van der Waals surface area contributed by atoms with Crippen LogP contribution in [0.5, 0.6) is 0 Å². The van der Waals surface area contributed by atoms with Crippen LogP contribution in [0.2, 0.25) is 0 Å². The van der Waals surface area contributed by atoms with Crippen LogP contribution in [-0.4, -0.2) is 19.1 Å². The van der Waals surface area contributed by atoms with Crippen molar-refractivity contribution >= 4 is 27.5 Å². The zero-order valence-corrected chi connectivity index (χ0v) is 10.0. The van der Waals surface area contributed by atoms with Crippen LogP contribution in [0.4, 0.5) is 5.69 Å². The van der Waals surface area contributed by atoms with Crippen molar-refractivity contribution in [2.45, 2.75) is 16.7 Å². The molecule has 0 radical (unpaired) electrons. The van der Waals surface area contributed by atoms with Crippen LogP contribution in [0.15, 0.2) is 28.0 Å². The monoisotopic (exact) mass is 262 g/mol. The number of hydrogen-bond acceptors (Lipinski definition) is 5. The molecule has 2 N–H and O–H groups in total. The molecule has 1 aromatic carbocycles. The van der Waals surface area contributed by atoms with Crippen LogP contribution < -0.4 is 5.14 Å². The van der Waals surface area contributed by atoms with E-state index in [1.165, 1.54) is 23.9 Å². The van der Waals surface area contributed by atoms with Crippen LogP contribution in [0, 0.1) is 10.1 Å². The molecule has 16 heavy (non-hydrogen) atoms. The van der Waals surface area contributed by atoms with E-state index in [9.17, 15) is 18.5 Å². The number of rotatable bonds is 4. The number of nitrogens with two attached hydrogens (primary N) is 1. The highest BCUT2D eigenvalue weighted by Crippen LogP contribution is 2.30. The molecule has 0 unspecified atom stereocenters. The predicted molar refractivity (Wildman–Crippen MR) is 60.9 cm³/mol. The zero-order valence-electron chi connectivity index (χ0n) is 8.41. The number of nitro groups is 1. The van der Waals surface area contributed by atoms with Crippen LogP contribution in [0.1, 0.15) is 6.92 Å². The van der Waals surface area contributed by atoms with Crippen molar-refractivity contribution in [3.8, 4) is 0 Å². The Morgan fingerprint density at radius 2 is 2.12 bits per heavy atom. The molecule has 1 aromatic rings. The van der Waals surface area contributed by atoms with Gasteiger partial charge in [-0.15, -0.1) is 11.8 Å². The minimum absolute atomic E-state index is 0.238. The molecule has 0 aliphatic rings. The number of nitrogens with zero attached hydrogens (tertiary/aromatic N) is 1. The molecule has 0 heterocycles. The predicted octanol–water partition coefficient (Wildman–Crippen LogP) is 1.35. The van der Waals surface area contributed by atoms with E-state index in [-0.39, 0.29) is 10.6 Å². The van der Waals surface area contributed by atoms with E-state index in [4.69, 9.17) is 5.14 Å². The Hall–Kier alpha value is -1.12. The van der Waals surface area contributed by atoms with E-state index in [0.29, 0.717) is 10.6 Å². The van der Waals surface area contributed by atoms with Crippen LogP contribution >= 0.6 is 11.8 Å². The Labute approximate surface area is 97.0 Å². The first-order valence-corrected chi connectivity index (χ1v) is 6.83. The maximum Gasteiger partial charge on any atom is 0.284 e. The van der Waals surface area contributed by atoms with E-state index in [1.54, 1.807) is 0 Å². The number of sulfonamides is 1. The van der Waals surface area contributed by atoms with Gasteiger partial charge in [0, 0.05) is 6.07 Å². The van der Waals surface area contributed by atoms with Crippen molar-refractivity contribution in [2.24, 2.45) is 5.14 Å². The lowest BCUT2D eigenvalue weighted by Gasteiger charge is -2.03. The minimum Gasteiger partial charge on any atom is -0.258 e. The molecule has 0 amide bonds. The topological polar surface area (TPSA) is 103 Å². The van der Waals surface area contributed by atoms with Gasteiger partial charge in [0.15, 0.2) is 0 Å². The summed E-state index contributed by atoms with van der Waals surface area (Å²) in [5.74, 6) is 0.662. The largest absolute Gasteiger partial charge is 0.284 e. The van der Waals surface area contributed by atoms with Gasteiger partial charge in [-0.2, -0.15) is 0 Å². The summed E-state index contributed by atoms with van der Waals surface area (Å²) in [7, 11) is -3.90. The molecular weight excluding hydrogens is 252 g/mol. The quantitative estimate of drug-likeness (QED) is 0.501. The van der Waals surface area contributed by atoms with E-state index >= 15 is 0 Å². The molecule has 1 rings (SSSR count). The van der Waals surface area contributed by atoms with E-state index in [1.807, 2.05) is 6.92 Å². The average molecular weight is 262 g/mol. The first kappa shape index (κ1) is 12.9. The zero-order chi connectivity index (χ0) is 12.3. The summed E-state index contributed by atoms with van der Waals surface area (Å²) in [5.41, 5.74) is -0.238. The van der Waals surface area contributed by atoms with Gasteiger partial charge in [-0.25, -0.2) is 13.6 Å². The van der Waals surface area contributed by atoms with Crippen LogP contribution in [0.25, 0.3) is 0 Å². The first-order valence-electron chi connectivity index (χ1n) is 4.30. The first-order chi connectivity index (χ1) is 7.36. The molecule has 0 atom stereocenters. The lowest BCUT2D eigenvalue weighted by atomic mass is 10.3. The average Bonchev–Trinajstić information content (AvgIpc) is 2.16. The summed E-state index contributed by atoms with van der Waals surface area (Å²) in [5, 5.41) is 15.6. The lowest BCUT2D eigenvalue weighted by molar-refractivity contribution is -0.388. The summed E-state index contributed by atoms with van der Waals surface area (Å²) in [4.78, 5) is 10.3. The van der Waals surface area contributed by atoms with E-state index in [2.05, 4.69) is 0 Å². The fourth-order valence-electron chi connectivity index (χ4n) is 1.09. The minimum atomic E-state index is -3.90. The summed E-state index contributed by atoms with van der Waals surface area (Å²) in [6.07, 6.45) is 0. The molecule has 88 valence electrons. The summed E-state index contributed by atoms with van der Waals surface area (Å²) in [6.45, 7) is 1.85. The second-order valence-corrected chi connectivity index (χ2v) is 5.73. The molecule has 0 fully saturated rings.